The number of hydrogen-bond acceptors (Lipinski definition) is 4. The fourth-order valence-electron chi connectivity index (χ4n) is 3.12. The van der Waals surface area contributed by atoms with Crippen molar-refractivity contribution in [2.75, 3.05) is 0 Å². The lowest BCUT2D eigenvalue weighted by molar-refractivity contribution is -0.123. The molecule has 2 fully saturated rings. The van der Waals surface area contributed by atoms with Gasteiger partial charge in [-0.2, -0.15) is 0 Å². The summed E-state index contributed by atoms with van der Waals surface area (Å²) in [6.45, 7) is 2.06. The number of carbonyl (C=O) groups excluding carboxylic acids is 1. The number of halogens is 2. The first-order chi connectivity index (χ1) is 9.63. The van der Waals surface area contributed by atoms with Crippen LogP contribution in [0.25, 0.3) is 0 Å². The molecule has 1 heterocycles. The molecule has 2 aliphatic carbocycles. The van der Waals surface area contributed by atoms with Gasteiger partial charge in [-0.05, 0) is 44.4 Å². The molecule has 0 spiro atoms. The van der Waals surface area contributed by atoms with Gasteiger partial charge in [-0.3, -0.25) is 4.79 Å². The summed E-state index contributed by atoms with van der Waals surface area (Å²) in [5.41, 5.74) is 6.05. The topological polar surface area (TPSA) is 68.0 Å². The number of nitrogens with two attached hydrogens (primary N) is 1. The van der Waals surface area contributed by atoms with Gasteiger partial charge in [0, 0.05) is 23.5 Å². The zero-order valence-electron chi connectivity index (χ0n) is 12.8. The number of rotatable bonds is 5. The zero-order chi connectivity index (χ0) is 14.1. The lowest BCUT2D eigenvalue weighted by atomic mass is 9.99. The SMILES string of the molecule is Cc1cnc(C(NC(=O)C[C@@H]2CCC[C@H]2N)C2CC2)s1.Cl.Cl. The van der Waals surface area contributed by atoms with Crippen LogP contribution in [0.3, 0.4) is 0 Å². The Balaban J connectivity index is 0.00000121. The van der Waals surface area contributed by atoms with Crippen molar-refractivity contribution >= 4 is 42.1 Å². The van der Waals surface area contributed by atoms with Gasteiger partial charge in [-0.15, -0.1) is 36.2 Å². The Bertz CT molecular complexity index is 493. The monoisotopic (exact) mass is 365 g/mol. The van der Waals surface area contributed by atoms with Crippen molar-refractivity contribution in [2.45, 2.75) is 57.5 Å². The summed E-state index contributed by atoms with van der Waals surface area (Å²) in [7, 11) is 0. The van der Waals surface area contributed by atoms with E-state index in [0.717, 1.165) is 24.3 Å². The number of nitrogens with zero attached hydrogens (tertiary/aromatic N) is 1. The third kappa shape index (κ3) is 4.82. The normalized spacial score (nSPS) is 25.0. The van der Waals surface area contributed by atoms with E-state index in [1.165, 1.54) is 17.7 Å². The number of carbonyl (C=O) groups is 1. The second-order valence-electron chi connectivity index (χ2n) is 6.25. The van der Waals surface area contributed by atoms with Gasteiger partial charge in [-0.1, -0.05) is 6.42 Å². The first-order valence-electron chi connectivity index (χ1n) is 7.60. The molecular formula is C15H25Cl2N3OS. The van der Waals surface area contributed by atoms with E-state index in [4.69, 9.17) is 5.73 Å². The van der Waals surface area contributed by atoms with Crippen molar-refractivity contribution in [1.82, 2.24) is 10.3 Å². The summed E-state index contributed by atoms with van der Waals surface area (Å²) >= 11 is 1.70. The molecule has 0 aromatic carbocycles. The predicted octanol–water partition coefficient (Wildman–Crippen LogP) is 3.38. The van der Waals surface area contributed by atoms with Crippen molar-refractivity contribution in [3.63, 3.8) is 0 Å². The first kappa shape index (κ1) is 19.7. The number of aromatic nitrogens is 1. The van der Waals surface area contributed by atoms with Crippen LogP contribution in [0.2, 0.25) is 0 Å². The lowest BCUT2D eigenvalue weighted by Crippen LogP contribution is -2.34. The minimum absolute atomic E-state index is 0. The smallest absolute Gasteiger partial charge is 0.220 e. The van der Waals surface area contributed by atoms with E-state index in [2.05, 4.69) is 17.2 Å². The molecule has 0 saturated heterocycles. The van der Waals surface area contributed by atoms with E-state index in [0.29, 0.717) is 18.3 Å². The maximum Gasteiger partial charge on any atom is 0.220 e. The molecule has 0 aliphatic heterocycles. The van der Waals surface area contributed by atoms with Crippen LogP contribution in [0.1, 0.15) is 54.5 Å². The Kier molecular flexibility index (Phi) is 7.59. The van der Waals surface area contributed by atoms with Crippen LogP contribution in [-0.2, 0) is 4.79 Å². The predicted molar refractivity (Wildman–Crippen MR) is 94.9 cm³/mol. The van der Waals surface area contributed by atoms with Gasteiger partial charge < -0.3 is 11.1 Å². The molecule has 126 valence electrons. The Morgan fingerprint density at radius 3 is 2.64 bits per heavy atom. The molecule has 3 rings (SSSR count). The molecule has 1 unspecified atom stereocenters. The van der Waals surface area contributed by atoms with Crippen LogP contribution in [-0.4, -0.2) is 16.9 Å². The summed E-state index contributed by atoms with van der Waals surface area (Å²) in [6.07, 6.45) is 8.20. The van der Waals surface area contributed by atoms with Crippen molar-refractivity contribution in [3.8, 4) is 0 Å². The molecule has 3 N–H and O–H groups in total. The molecule has 2 saturated carbocycles. The Morgan fingerprint density at radius 1 is 1.41 bits per heavy atom. The van der Waals surface area contributed by atoms with Gasteiger partial charge in [-0.25, -0.2) is 4.98 Å². The maximum atomic E-state index is 12.3. The highest BCUT2D eigenvalue weighted by Gasteiger charge is 2.36. The molecule has 0 radical (unpaired) electrons. The van der Waals surface area contributed by atoms with Crippen molar-refractivity contribution < 1.29 is 4.79 Å². The lowest BCUT2D eigenvalue weighted by Gasteiger charge is -2.19. The van der Waals surface area contributed by atoms with E-state index >= 15 is 0 Å². The van der Waals surface area contributed by atoms with Crippen LogP contribution >= 0.6 is 36.2 Å². The molecular weight excluding hydrogens is 341 g/mol. The summed E-state index contributed by atoms with van der Waals surface area (Å²) in [5, 5.41) is 4.27. The molecule has 1 aromatic rings. The van der Waals surface area contributed by atoms with E-state index < -0.39 is 0 Å². The van der Waals surface area contributed by atoms with Crippen LogP contribution in [0, 0.1) is 18.8 Å². The van der Waals surface area contributed by atoms with Gasteiger partial charge in [0.05, 0.1) is 6.04 Å². The Hall–Kier alpha value is -0.360. The van der Waals surface area contributed by atoms with Crippen LogP contribution in [0.15, 0.2) is 6.20 Å². The number of hydrogen-bond donors (Lipinski definition) is 2. The van der Waals surface area contributed by atoms with Gasteiger partial charge in [0.1, 0.15) is 5.01 Å². The number of amides is 1. The highest BCUT2D eigenvalue weighted by atomic mass is 35.5. The largest absolute Gasteiger partial charge is 0.347 e. The van der Waals surface area contributed by atoms with Crippen LogP contribution < -0.4 is 11.1 Å². The molecule has 3 atom stereocenters. The first-order valence-corrected chi connectivity index (χ1v) is 8.42. The van der Waals surface area contributed by atoms with Crippen molar-refractivity contribution in [2.24, 2.45) is 17.6 Å². The zero-order valence-corrected chi connectivity index (χ0v) is 15.2. The fraction of sp³-hybridized carbons (Fsp3) is 0.733. The highest BCUT2D eigenvalue weighted by molar-refractivity contribution is 7.11. The Labute approximate surface area is 148 Å². The van der Waals surface area contributed by atoms with Gasteiger partial charge in [0.2, 0.25) is 5.91 Å². The van der Waals surface area contributed by atoms with Gasteiger partial charge in [0.15, 0.2) is 0 Å². The molecule has 4 nitrogen and oxygen atoms in total. The quantitative estimate of drug-likeness (QED) is 0.840. The number of nitrogens with one attached hydrogen (secondary N) is 1. The molecule has 2 aliphatic rings. The minimum atomic E-state index is 0. The average molecular weight is 366 g/mol. The second-order valence-corrected chi connectivity index (χ2v) is 7.52. The van der Waals surface area contributed by atoms with E-state index in [-0.39, 0.29) is 42.8 Å². The second kappa shape index (κ2) is 8.48. The summed E-state index contributed by atoms with van der Waals surface area (Å²) in [5.74, 6) is 1.10. The van der Waals surface area contributed by atoms with E-state index in [1.807, 2.05) is 6.20 Å². The number of thiazole rings is 1. The molecule has 1 aromatic heterocycles. The summed E-state index contributed by atoms with van der Waals surface area (Å²) in [6, 6.07) is 0.334. The molecule has 22 heavy (non-hydrogen) atoms. The van der Waals surface area contributed by atoms with Gasteiger partial charge >= 0.3 is 0 Å². The summed E-state index contributed by atoms with van der Waals surface area (Å²) in [4.78, 5) is 17.9. The van der Waals surface area contributed by atoms with Gasteiger partial charge in [0.25, 0.3) is 0 Å². The Morgan fingerprint density at radius 2 is 2.14 bits per heavy atom. The number of aryl methyl sites for hydroxylation is 1. The van der Waals surface area contributed by atoms with Crippen LogP contribution in [0.5, 0.6) is 0 Å². The maximum absolute atomic E-state index is 12.3. The molecule has 1 amide bonds. The standard InChI is InChI=1S/C15H23N3OS.2ClH/c1-9-8-17-15(20-9)14(10-5-6-10)18-13(19)7-11-3-2-4-12(11)16;;/h8,10-12,14H,2-7,16H2,1H3,(H,18,19);2*1H/t11-,12+,14?;;/m0../s1. The van der Waals surface area contributed by atoms with E-state index in [9.17, 15) is 4.79 Å². The summed E-state index contributed by atoms with van der Waals surface area (Å²) < 4.78 is 0. The fourth-order valence-corrected chi connectivity index (χ4v) is 4.04. The average Bonchev–Trinajstić information content (AvgIpc) is 3.05. The molecule has 0 bridgehead atoms. The minimum Gasteiger partial charge on any atom is -0.347 e. The third-order valence-electron chi connectivity index (χ3n) is 4.48. The van der Waals surface area contributed by atoms with Crippen molar-refractivity contribution in [1.29, 1.82) is 0 Å². The van der Waals surface area contributed by atoms with Crippen LogP contribution in [0.4, 0.5) is 0 Å². The highest BCUT2D eigenvalue weighted by Crippen LogP contribution is 2.42. The molecule has 7 heteroatoms. The van der Waals surface area contributed by atoms with E-state index in [1.54, 1.807) is 11.3 Å². The van der Waals surface area contributed by atoms with Crippen molar-refractivity contribution in [3.05, 3.63) is 16.1 Å². The third-order valence-corrected chi connectivity index (χ3v) is 5.48.